The first-order valence-electron chi connectivity index (χ1n) is 8.30. The van der Waals surface area contributed by atoms with E-state index in [0.29, 0.717) is 18.5 Å². The molecule has 1 aliphatic rings. The van der Waals surface area contributed by atoms with Gasteiger partial charge in [0.05, 0.1) is 6.54 Å². The maximum Gasteiger partial charge on any atom is 0.234 e. The first-order valence-corrected chi connectivity index (χ1v) is 8.30. The van der Waals surface area contributed by atoms with E-state index in [2.05, 4.69) is 41.8 Å². The highest BCUT2D eigenvalue weighted by molar-refractivity contribution is 5.78. The van der Waals surface area contributed by atoms with E-state index in [0.717, 1.165) is 19.4 Å². The van der Waals surface area contributed by atoms with Crippen LogP contribution in [0.5, 0.6) is 0 Å². The molecule has 0 radical (unpaired) electrons. The molecule has 1 aliphatic carbocycles. The second-order valence-corrected chi connectivity index (χ2v) is 6.20. The Morgan fingerprint density at radius 3 is 2.48 bits per heavy atom. The van der Waals surface area contributed by atoms with Crippen molar-refractivity contribution in [3.8, 4) is 0 Å². The Hall–Kier alpha value is -1.35. The highest BCUT2D eigenvalue weighted by Crippen LogP contribution is 2.17. The summed E-state index contributed by atoms with van der Waals surface area (Å²) in [6, 6.07) is 10.8. The molecule has 0 heterocycles. The van der Waals surface area contributed by atoms with Crippen molar-refractivity contribution in [1.82, 2.24) is 10.6 Å². The molecular formula is C18H28N2O. The average molecular weight is 288 g/mol. The minimum absolute atomic E-state index is 0.141. The maximum atomic E-state index is 12.0. The van der Waals surface area contributed by atoms with Crippen molar-refractivity contribution in [1.29, 1.82) is 0 Å². The monoisotopic (exact) mass is 288 g/mol. The summed E-state index contributed by atoms with van der Waals surface area (Å²) in [4.78, 5) is 12.0. The van der Waals surface area contributed by atoms with E-state index in [9.17, 15) is 4.79 Å². The summed E-state index contributed by atoms with van der Waals surface area (Å²) in [7, 11) is 0. The topological polar surface area (TPSA) is 41.1 Å². The van der Waals surface area contributed by atoms with Gasteiger partial charge in [-0.1, -0.05) is 62.9 Å². The number of benzene rings is 1. The molecule has 1 atom stereocenters. The van der Waals surface area contributed by atoms with Crippen LogP contribution < -0.4 is 10.6 Å². The van der Waals surface area contributed by atoms with Gasteiger partial charge in [0.15, 0.2) is 0 Å². The zero-order valence-electron chi connectivity index (χ0n) is 13.1. The first-order chi connectivity index (χ1) is 10.3. The molecule has 0 aliphatic heterocycles. The van der Waals surface area contributed by atoms with E-state index in [1.807, 2.05) is 6.07 Å². The summed E-state index contributed by atoms with van der Waals surface area (Å²) >= 11 is 0. The van der Waals surface area contributed by atoms with Crippen molar-refractivity contribution in [3.63, 3.8) is 0 Å². The summed E-state index contributed by atoms with van der Waals surface area (Å²) in [6.45, 7) is 3.45. The molecule has 2 N–H and O–H groups in total. The van der Waals surface area contributed by atoms with Gasteiger partial charge in [-0.25, -0.2) is 0 Å². The Labute approximate surface area is 128 Å². The van der Waals surface area contributed by atoms with E-state index < -0.39 is 0 Å². The number of rotatable bonds is 6. The van der Waals surface area contributed by atoms with E-state index in [4.69, 9.17) is 0 Å². The molecule has 1 aromatic carbocycles. The molecule has 1 amide bonds. The fraction of sp³-hybridized carbons (Fsp3) is 0.611. The maximum absolute atomic E-state index is 12.0. The van der Waals surface area contributed by atoms with Gasteiger partial charge in [0, 0.05) is 12.6 Å². The van der Waals surface area contributed by atoms with Crippen LogP contribution in [-0.4, -0.2) is 25.0 Å². The largest absolute Gasteiger partial charge is 0.352 e. The van der Waals surface area contributed by atoms with Crippen LogP contribution in [0.1, 0.15) is 56.9 Å². The van der Waals surface area contributed by atoms with Crippen molar-refractivity contribution in [2.75, 3.05) is 13.1 Å². The van der Waals surface area contributed by atoms with Crippen LogP contribution in [0, 0.1) is 0 Å². The van der Waals surface area contributed by atoms with Crippen LogP contribution in [0.4, 0.5) is 0 Å². The zero-order chi connectivity index (χ0) is 14.9. The third-order valence-corrected chi connectivity index (χ3v) is 4.32. The van der Waals surface area contributed by atoms with Crippen molar-refractivity contribution in [2.24, 2.45) is 0 Å². The third-order valence-electron chi connectivity index (χ3n) is 4.32. The molecular weight excluding hydrogens is 260 g/mol. The van der Waals surface area contributed by atoms with E-state index in [1.165, 1.54) is 31.2 Å². The smallest absolute Gasteiger partial charge is 0.234 e. The molecule has 21 heavy (non-hydrogen) atoms. The van der Waals surface area contributed by atoms with Gasteiger partial charge in [-0.3, -0.25) is 4.79 Å². The average Bonchev–Trinajstić information content (AvgIpc) is 2.76. The molecule has 0 spiro atoms. The minimum atomic E-state index is 0.141. The molecule has 1 unspecified atom stereocenters. The fourth-order valence-electron chi connectivity index (χ4n) is 3.00. The number of carbonyl (C=O) groups excluding carboxylic acids is 1. The Bertz CT molecular complexity index is 410. The van der Waals surface area contributed by atoms with Gasteiger partial charge < -0.3 is 10.6 Å². The molecule has 116 valence electrons. The van der Waals surface area contributed by atoms with Crippen molar-refractivity contribution >= 4 is 5.91 Å². The van der Waals surface area contributed by atoms with Crippen LogP contribution in [0.25, 0.3) is 0 Å². The Morgan fingerprint density at radius 2 is 1.81 bits per heavy atom. The normalized spacial score (nSPS) is 18.0. The molecule has 2 rings (SSSR count). The number of nitrogens with one attached hydrogen (secondary N) is 2. The van der Waals surface area contributed by atoms with Crippen LogP contribution in [0.15, 0.2) is 30.3 Å². The van der Waals surface area contributed by atoms with Gasteiger partial charge in [0.25, 0.3) is 0 Å². The fourth-order valence-corrected chi connectivity index (χ4v) is 3.00. The molecule has 3 nitrogen and oxygen atoms in total. The van der Waals surface area contributed by atoms with Crippen LogP contribution >= 0.6 is 0 Å². The molecule has 0 saturated heterocycles. The van der Waals surface area contributed by atoms with Gasteiger partial charge in [-0.05, 0) is 24.3 Å². The number of amides is 1. The minimum Gasteiger partial charge on any atom is -0.352 e. The molecule has 3 heteroatoms. The molecule has 1 saturated carbocycles. The van der Waals surface area contributed by atoms with Gasteiger partial charge in [0.2, 0.25) is 5.91 Å². The highest BCUT2D eigenvalue weighted by Gasteiger charge is 2.14. The quantitative estimate of drug-likeness (QED) is 0.789. The van der Waals surface area contributed by atoms with Crippen molar-refractivity contribution in [2.45, 2.75) is 57.4 Å². The van der Waals surface area contributed by atoms with Crippen LogP contribution in [-0.2, 0) is 4.79 Å². The van der Waals surface area contributed by atoms with Gasteiger partial charge in [0.1, 0.15) is 0 Å². The van der Waals surface area contributed by atoms with Crippen molar-refractivity contribution < 1.29 is 4.79 Å². The van der Waals surface area contributed by atoms with Crippen molar-refractivity contribution in [3.05, 3.63) is 35.9 Å². The van der Waals surface area contributed by atoms with Gasteiger partial charge in [-0.15, -0.1) is 0 Å². The number of carbonyl (C=O) groups is 1. The summed E-state index contributed by atoms with van der Waals surface area (Å²) in [5.41, 5.74) is 1.31. The molecule has 0 bridgehead atoms. The Balaban J connectivity index is 1.64. The summed E-state index contributed by atoms with van der Waals surface area (Å²) in [5, 5.41) is 6.45. The lowest BCUT2D eigenvalue weighted by atomic mass is 10.0. The predicted octanol–water partition coefficient (Wildman–Crippen LogP) is 3.22. The zero-order valence-corrected chi connectivity index (χ0v) is 13.1. The van der Waals surface area contributed by atoms with Gasteiger partial charge in [-0.2, -0.15) is 0 Å². The summed E-state index contributed by atoms with van der Waals surface area (Å²) < 4.78 is 0. The molecule has 1 fully saturated rings. The van der Waals surface area contributed by atoms with E-state index in [1.54, 1.807) is 0 Å². The summed E-state index contributed by atoms with van der Waals surface area (Å²) in [5.74, 6) is 0.569. The molecule has 0 aromatic heterocycles. The van der Waals surface area contributed by atoms with Crippen LogP contribution in [0.2, 0.25) is 0 Å². The van der Waals surface area contributed by atoms with E-state index in [-0.39, 0.29) is 5.91 Å². The van der Waals surface area contributed by atoms with E-state index >= 15 is 0 Å². The Morgan fingerprint density at radius 1 is 1.14 bits per heavy atom. The third kappa shape index (κ3) is 5.88. The number of hydrogen-bond acceptors (Lipinski definition) is 2. The van der Waals surface area contributed by atoms with Crippen LogP contribution in [0.3, 0.4) is 0 Å². The lowest BCUT2D eigenvalue weighted by molar-refractivity contribution is -0.121. The standard InChI is InChI=1S/C18H28N2O/c1-15(16-9-5-4-6-10-16)13-19-14-18(21)20-17-11-7-2-3-8-12-17/h4-6,9-10,15,17,19H,2-3,7-8,11-14H2,1H3,(H,20,21). The predicted molar refractivity (Wildman–Crippen MR) is 87.4 cm³/mol. The number of hydrogen-bond donors (Lipinski definition) is 2. The lowest BCUT2D eigenvalue weighted by Crippen LogP contribution is -2.40. The second kappa shape index (κ2) is 8.83. The molecule has 1 aromatic rings. The van der Waals surface area contributed by atoms with Gasteiger partial charge >= 0.3 is 0 Å². The second-order valence-electron chi connectivity index (χ2n) is 6.20. The Kier molecular flexibility index (Phi) is 6.74. The summed E-state index contributed by atoms with van der Waals surface area (Å²) in [6.07, 6.45) is 7.43. The first kappa shape index (κ1) is 16.0. The lowest BCUT2D eigenvalue weighted by Gasteiger charge is -2.17. The highest BCUT2D eigenvalue weighted by atomic mass is 16.1. The SMILES string of the molecule is CC(CNCC(=O)NC1CCCCCC1)c1ccccc1.